The van der Waals surface area contributed by atoms with Crippen LogP contribution in [0.15, 0.2) is 42.5 Å². The normalized spacial score (nSPS) is 15.1. The fourth-order valence-electron chi connectivity index (χ4n) is 4.22. The number of rotatable bonds is 10. The number of carbonyl (C=O) groups excluding carboxylic acids is 2. The maximum Gasteiger partial charge on any atom is 0.243 e. The molecule has 2 amide bonds. The summed E-state index contributed by atoms with van der Waals surface area (Å²) in [6.07, 6.45) is 5.89. The van der Waals surface area contributed by atoms with E-state index in [9.17, 15) is 14.0 Å². The Morgan fingerprint density at radius 1 is 1.12 bits per heavy atom. The van der Waals surface area contributed by atoms with Crippen LogP contribution in [-0.4, -0.2) is 34.6 Å². The number of halogens is 3. The molecular formula is C26H31Cl2FN2O2S. The Morgan fingerprint density at radius 2 is 1.82 bits per heavy atom. The van der Waals surface area contributed by atoms with Crippen molar-refractivity contribution in [2.24, 2.45) is 0 Å². The molecule has 0 bridgehead atoms. The molecular weight excluding hydrogens is 494 g/mol. The summed E-state index contributed by atoms with van der Waals surface area (Å²) in [7, 11) is 0. The maximum absolute atomic E-state index is 13.4. The molecule has 0 unspecified atom stereocenters. The van der Waals surface area contributed by atoms with Gasteiger partial charge in [-0.3, -0.25) is 9.59 Å². The minimum atomic E-state index is -0.584. The first-order chi connectivity index (χ1) is 16.4. The van der Waals surface area contributed by atoms with E-state index >= 15 is 0 Å². The van der Waals surface area contributed by atoms with Gasteiger partial charge in [0.2, 0.25) is 11.8 Å². The Kier molecular flexibility index (Phi) is 10.5. The Bertz CT molecular complexity index is 968. The zero-order valence-electron chi connectivity index (χ0n) is 19.4. The van der Waals surface area contributed by atoms with Crippen LogP contribution >= 0.6 is 35.0 Å². The molecule has 0 aliphatic heterocycles. The Balaban J connectivity index is 1.70. The van der Waals surface area contributed by atoms with Crippen molar-refractivity contribution in [3.8, 4) is 0 Å². The van der Waals surface area contributed by atoms with Gasteiger partial charge in [0.25, 0.3) is 0 Å². The second kappa shape index (κ2) is 13.4. The molecule has 0 heterocycles. The van der Waals surface area contributed by atoms with Crippen molar-refractivity contribution in [1.29, 1.82) is 0 Å². The second-order valence-electron chi connectivity index (χ2n) is 8.64. The predicted octanol–water partition coefficient (Wildman–Crippen LogP) is 6.62. The summed E-state index contributed by atoms with van der Waals surface area (Å²) in [4.78, 5) is 28.2. The third kappa shape index (κ3) is 7.89. The largest absolute Gasteiger partial charge is 0.352 e. The molecule has 0 saturated heterocycles. The van der Waals surface area contributed by atoms with Gasteiger partial charge in [0.05, 0.1) is 5.75 Å². The number of carbonyl (C=O) groups is 2. The summed E-state index contributed by atoms with van der Waals surface area (Å²) in [6, 6.07) is 10.9. The van der Waals surface area contributed by atoms with Crippen molar-refractivity contribution in [1.82, 2.24) is 10.2 Å². The van der Waals surface area contributed by atoms with E-state index in [2.05, 4.69) is 5.32 Å². The van der Waals surface area contributed by atoms with Gasteiger partial charge in [-0.15, -0.1) is 11.8 Å². The molecule has 1 aliphatic rings. The van der Waals surface area contributed by atoms with E-state index in [-0.39, 0.29) is 36.0 Å². The highest BCUT2D eigenvalue weighted by Gasteiger charge is 2.30. The van der Waals surface area contributed by atoms with Gasteiger partial charge in [-0.1, -0.05) is 67.6 Å². The van der Waals surface area contributed by atoms with Gasteiger partial charge in [0.1, 0.15) is 11.9 Å². The van der Waals surface area contributed by atoms with Crippen LogP contribution in [0.25, 0.3) is 0 Å². The zero-order chi connectivity index (χ0) is 24.5. The first-order valence-electron chi connectivity index (χ1n) is 11.7. The fourth-order valence-corrected chi connectivity index (χ4v) is 5.69. The molecule has 0 aromatic heterocycles. The summed E-state index contributed by atoms with van der Waals surface area (Å²) in [5.74, 6) is 0.171. The van der Waals surface area contributed by atoms with Crippen molar-refractivity contribution in [3.05, 3.63) is 69.5 Å². The van der Waals surface area contributed by atoms with E-state index in [4.69, 9.17) is 23.2 Å². The van der Waals surface area contributed by atoms with Crippen LogP contribution in [0.3, 0.4) is 0 Å². The molecule has 3 rings (SSSR count). The summed E-state index contributed by atoms with van der Waals surface area (Å²) in [5.41, 5.74) is 1.68. The molecule has 1 fully saturated rings. The summed E-state index contributed by atoms with van der Waals surface area (Å²) in [5, 5.41) is 4.29. The number of hydrogen-bond donors (Lipinski definition) is 1. The molecule has 4 nitrogen and oxygen atoms in total. The van der Waals surface area contributed by atoms with Crippen LogP contribution in [-0.2, 0) is 21.9 Å². The van der Waals surface area contributed by atoms with Gasteiger partial charge in [0, 0.05) is 28.4 Å². The number of nitrogens with zero attached hydrogens (tertiary/aromatic N) is 1. The van der Waals surface area contributed by atoms with Gasteiger partial charge < -0.3 is 10.2 Å². The highest BCUT2D eigenvalue weighted by Crippen LogP contribution is 2.25. The standard InChI is InChI=1S/C26H31Cl2FN2O2S/c1-2-24(26(33)30-22-6-4-3-5-7-22)31(15-18-8-12-21(29)13-9-18)25(32)17-34-16-19-10-11-20(27)14-23(19)28/h8-14,22,24H,2-7,15-17H2,1H3,(H,30,33)/t24-/m1/s1. The lowest BCUT2D eigenvalue weighted by Gasteiger charge is -2.32. The lowest BCUT2D eigenvalue weighted by Crippen LogP contribution is -2.52. The van der Waals surface area contributed by atoms with Crippen LogP contribution in [0.1, 0.15) is 56.6 Å². The van der Waals surface area contributed by atoms with E-state index in [1.807, 2.05) is 13.0 Å². The second-order valence-corrected chi connectivity index (χ2v) is 10.5. The van der Waals surface area contributed by atoms with Crippen molar-refractivity contribution in [2.75, 3.05) is 5.75 Å². The predicted molar refractivity (Wildman–Crippen MR) is 139 cm³/mol. The average Bonchev–Trinajstić information content (AvgIpc) is 2.82. The summed E-state index contributed by atoms with van der Waals surface area (Å²) < 4.78 is 13.4. The minimum absolute atomic E-state index is 0.115. The molecule has 1 aliphatic carbocycles. The molecule has 2 aromatic carbocycles. The zero-order valence-corrected chi connectivity index (χ0v) is 21.7. The number of hydrogen-bond acceptors (Lipinski definition) is 3. The van der Waals surface area contributed by atoms with E-state index in [1.54, 1.807) is 29.2 Å². The smallest absolute Gasteiger partial charge is 0.243 e. The first-order valence-corrected chi connectivity index (χ1v) is 13.6. The van der Waals surface area contributed by atoms with Gasteiger partial charge >= 0.3 is 0 Å². The molecule has 184 valence electrons. The van der Waals surface area contributed by atoms with Crippen LogP contribution in [0.4, 0.5) is 4.39 Å². The monoisotopic (exact) mass is 524 g/mol. The fraction of sp³-hybridized carbons (Fsp3) is 0.462. The molecule has 2 aromatic rings. The lowest BCUT2D eigenvalue weighted by molar-refractivity contribution is -0.139. The number of thioether (sulfide) groups is 1. The SMILES string of the molecule is CC[C@H](C(=O)NC1CCCCC1)N(Cc1ccc(F)cc1)C(=O)CSCc1ccc(Cl)cc1Cl. The molecule has 1 N–H and O–H groups in total. The van der Waals surface area contributed by atoms with E-state index in [0.717, 1.165) is 36.8 Å². The molecule has 1 saturated carbocycles. The van der Waals surface area contributed by atoms with Gasteiger partial charge in [-0.2, -0.15) is 0 Å². The number of benzene rings is 2. The van der Waals surface area contributed by atoms with E-state index in [1.165, 1.54) is 30.3 Å². The Labute approximate surface area is 215 Å². The van der Waals surface area contributed by atoms with Crippen molar-refractivity contribution in [3.63, 3.8) is 0 Å². The van der Waals surface area contributed by atoms with Gasteiger partial charge in [-0.25, -0.2) is 4.39 Å². The third-order valence-electron chi connectivity index (χ3n) is 6.10. The average molecular weight is 526 g/mol. The molecule has 8 heteroatoms. The van der Waals surface area contributed by atoms with Crippen molar-refractivity contribution >= 4 is 46.8 Å². The Morgan fingerprint density at radius 3 is 2.47 bits per heavy atom. The number of amides is 2. The van der Waals surface area contributed by atoms with Crippen LogP contribution in [0.2, 0.25) is 10.0 Å². The molecule has 34 heavy (non-hydrogen) atoms. The van der Waals surface area contributed by atoms with Crippen LogP contribution in [0, 0.1) is 5.82 Å². The van der Waals surface area contributed by atoms with Crippen LogP contribution < -0.4 is 5.32 Å². The van der Waals surface area contributed by atoms with Crippen molar-refractivity contribution < 1.29 is 14.0 Å². The molecule has 0 spiro atoms. The maximum atomic E-state index is 13.4. The topological polar surface area (TPSA) is 49.4 Å². The van der Waals surface area contributed by atoms with E-state index in [0.29, 0.717) is 22.2 Å². The Hall–Kier alpha value is -1.76. The highest BCUT2D eigenvalue weighted by molar-refractivity contribution is 7.99. The van der Waals surface area contributed by atoms with Gasteiger partial charge in [-0.05, 0) is 54.7 Å². The summed E-state index contributed by atoms with van der Waals surface area (Å²) in [6.45, 7) is 2.16. The highest BCUT2D eigenvalue weighted by atomic mass is 35.5. The first kappa shape index (κ1) is 26.8. The van der Waals surface area contributed by atoms with Crippen LogP contribution in [0.5, 0.6) is 0 Å². The summed E-state index contributed by atoms with van der Waals surface area (Å²) >= 11 is 13.7. The van der Waals surface area contributed by atoms with Crippen molar-refractivity contribution in [2.45, 2.75) is 69.8 Å². The minimum Gasteiger partial charge on any atom is -0.352 e. The molecule has 0 radical (unpaired) electrons. The van der Waals surface area contributed by atoms with E-state index < -0.39 is 6.04 Å². The quantitative estimate of drug-likeness (QED) is 0.379. The van der Waals surface area contributed by atoms with Gasteiger partial charge in [0.15, 0.2) is 0 Å². The lowest BCUT2D eigenvalue weighted by atomic mass is 9.95. The number of nitrogens with one attached hydrogen (secondary N) is 1. The molecule has 1 atom stereocenters. The third-order valence-corrected chi connectivity index (χ3v) is 7.66.